The van der Waals surface area contributed by atoms with Crippen LogP contribution in [0.2, 0.25) is 0 Å². The molecule has 222 valence electrons. The molecule has 3 unspecified atom stereocenters. The van der Waals surface area contributed by atoms with Crippen molar-refractivity contribution in [3.8, 4) is 0 Å². The van der Waals surface area contributed by atoms with Crippen LogP contribution in [0.5, 0.6) is 0 Å². The molecule has 0 aliphatic carbocycles. The van der Waals surface area contributed by atoms with Gasteiger partial charge in [-0.15, -0.1) is 0 Å². The minimum absolute atomic E-state index is 0.00897. The molecule has 7 heteroatoms. The third-order valence-corrected chi connectivity index (χ3v) is 8.28. The third kappa shape index (κ3) is 14.3. The second-order valence-electron chi connectivity index (χ2n) is 11.1. The summed E-state index contributed by atoms with van der Waals surface area (Å²) in [5.41, 5.74) is 0. The van der Waals surface area contributed by atoms with Gasteiger partial charge in [-0.3, -0.25) is 4.48 Å². The van der Waals surface area contributed by atoms with E-state index in [-0.39, 0.29) is 6.54 Å². The van der Waals surface area contributed by atoms with Gasteiger partial charge in [-0.25, -0.2) is 9.59 Å². The summed E-state index contributed by atoms with van der Waals surface area (Å²) in [5, 5.41) is 30.9. The Morgan fingerprint density at radius 3 is 1.26 bits per heavy atom. The highest BCUT2D eigenvalue weighted by Gasteiger charge is 2.50. The Kier molecular flexibility index (Phi) is 20.9. The molecule has 0 fully saturated rings. The molecule has 0 aromatic carbocycles. The van der Waals surface area contributed by atoms with Crippen LogP contribution in [-0.4, -0.2) is 57.3 Å². The first-order valence-corrected chi connectivity index (χ1v) is 15.3. The zero-order valence-electron chi connectivity index (χ0n) is 24.8. The molecule has 0 aromatic heterocycles. The lowest BCUT2D eigenvalue weighted by molar-refractivity contribution is -0.964. The molecular formula is C31H57NO6. The molecule has 0 aromatic rings. The lowest BCUT2D eigenvalue weighted by Gasteiger charge is -2.48. The van der Waals surface area contributed by atoms with Crippen LogP contribution in [0, 0.1) is 0 Å². The molecule has 0 saturated carbocycles. The van der Waals surface area contributed by atoms with Crippen molar-refractivity contribution in [2.45, 2.75) is 161 Å². The smallest absolute Gasteiger partial charge is 0.362 e. The van der Waals surface area contributed by atoms with E-state index in [4.69, 9.17) is 0 Å². The second-order valence-corrected chi connectivity index (χ2v) is 11.1. The normalized spacial score (nSPS) is 15.7. The second kappa shape index (κ2) is 22.0. The van der Waals surface area contributed by atoms with Gasteiger partial charge in [0.1, 0.15) is 6.04 Å². The fourth-order valence-electron chi connectivity index (χ4n) is 5.45. The summed E-state index contributed by atoms with van der Waals surface area (Å²) in [5.74, 6) is -3.91. The van der Waals surface area contributed by atoms with E-state index in [9.17, 15) is 29.7 Å². The molecule has 0 saturated heterocycles. The Morgan fingerprint density at radius 1 is 0.605 bits per heavy atom. The Bertz CT molecular complexity index is 627. The molecule has 0 aliphatic rings. The van der Waals surface area contributed by atoms with Crippen molar-refractivity contribution in [3.05, 3.63) is 12.2 Å². The first kappa shape index (κ1) is 36.1. The Balaban J connectivity index is 4.14. The van der Waals surface area contributed by atoms with Crippen molar-refractivity contribution in [3.63, 3.8) is 0 Å². The highest BCUT2D eigenvalue weighted by atomic mass is 16.4. The maximum atomic E-state index is 11.8. The summed E-state index contributed by atoms with van der Waals surface area (Å²) in [4.78, 5) is 35.2. The highest BCUT2D eigenvalue weighted by Crippen LogP contribution is 2.26. The number of carboxylic acids is 3. The standard InChI is InChI=1S/C31H57NO6/c1-5-6-7-8-9-10-11-12-13-14-15-16-17-18-19-20-21-22-23-24-25-32(26(2)29(33)34,27(3)30(35)36)28(4)31(37)38/h23-24,26-28H,5-22,25H2,1-4H3,(H2-,33,34,35,36,37,38)/b24-23+. The maximum Gasteiger partial charge on any atom is 0.362 e. The summed E-state index contributed by atoms with van der Waals surface area (Å²) in [6.45, 7) is 6.34. The van der Waals surface area contributed by atoms with E-state index >= 15 is 0 Å². The van der Waals surface area contributed by atoms with Crippen LogP contribution in [0.4, 0.5) is 0 Å². The van der Waals surface area contributed by atoms with Gasteiger partial charge in [-0.2, -0.15) is 0 Å². The fraction of sp³-hybridized carbons (Fsp3) is 0.839. The first-order chi connectivity index (χ1) is 18.1. The number of carbonyl (C=O) groups is 3. The van der Waals surface area contributed by atoms with Crippen LogP contribution in [-0.2, 0) is 14.4 Å². The first-order valence-electron chi connectivity index (χ1n) is 15.3. The molecule has 0 spiro atoms. The van der Waals surface area contributed by atoms with Crippen molar-refractivity contribution in [1.82, 2.24) is 0 Å². The average molecular weight is 540 g/mol. The number of hydrogen-bond acceptors (Lipinski definition) is 4. The van der Waals surface area contributed by atoms with Gasteiger partial charge >= 0.3 is 11.9 Å². The van der Waals surface area contributed by atoms with Crippen molar-refractivity contribution >= 4 is 17.9 Å². The minimum Gasteiger partial charge on any atom is -0.544 e. The van der Waals surface area contributed by atoms with E-state index < -0.39 is 40.5 Å². The van der Waals surface area contributed by atoms with E-state index in [1.165, 1.54) is 117 Å². The number of aliphatic carboxylic acids is 3. The predicted octanol–water partition coefficient (Wildman–Crippen LogP) is 6.49. The Hall–Kier alpha value is -1.89. The average Bonchev–Trinajstić information content (AvgIpc) is 2.88. The molecule has 0 amide bonds. The molecule has 0 radical (unpaired) electrons. The van der Waals surface area contributed by atoms with Gasteiger partial charge < -0.3 is 20.1 Å². The van der Waals surface area contributed by atoms with E-state index in [2.05, 4.69) is 6.92 Å². The van der Waals surface area contributed by atoms with Gasteiger partial charge in [0.25, 0.3) is 0 Å². The topological polar surface area (TPSA) is 115 Å². The quantitative estimate of drug-likeness (QED) is 0.0738. The maximum absolute atomic E-state index is 11.8. The zero-order valence-corrected chi connectivity index (χ0v) is 24.8. The van der Waals surface area contributed by atoms with Crippen molar-refractivity contribution in [1.29, 1.82) is 0 Å². The lowest BCUT2D eigenvalue weighted by atomic mass is 10.0. The number of rotatable bonds is 26. The summed E-state index contributed by atoms with van der Waals surface area (Å²) < 4.78 is -0.622. The Morgan fingerprint density at radius 2 is 0.947 bits per heavy atom. The van der Waals surface area contributed by atoms with Crippen LogP contribution in [0.1, 0.15) is 143 Å². The van der Waals surface area contributed by atoms with Crippen LogP contribution in [0.25, 0.3) is 0 Å². The summed E-state index contributed by atoms with van der Waals surface area (Å²) in [6.07, 6.45) is 26.8. The van der Waals surface area contributed by atoms with Crippen LogP contribution in [0.3, 0.4) is 0 Å². The molecule has 2 N–H and O–H groups in total. The fourth-order valence-corrected chi connectivity index (χ4v) is 5.45. The van der Waals surface area contributed by atoms with E-state index in [1.54, 1.807) is 6.08 Å². The van der Waals surface area contributed by atoms with Crippen LogP contribution < -0.4 is 5.11 Å². The Labute approximate surface area is 232 Å². The van der Waals surface area contributed by atoms with Gasteiger partial charge in [0, 0.05) is 0 Å². The number of unbranched alkanes of at least 4 members (excludes halogenated alkanes) is 17. The molecule has 0 rings (SSSR count). The largest absolute Gasteiger partial charge is 0.544 e. The lowest BCUT2D eigenvalue weighted by Crippen LogP contribution is -2.71. The SMILES string of the molecule is CCCCCCCCCCCCCCCCCCC/C=C/C[N+](C(C)C(=O)[O-])(C(C)C(=O)O)C(C)C(=O)O. The minimum atomic E-state index is -1.45. The van der Waals surface area contributed by atoms with Gasteiger partial charge in [0.15, 0.2) is 12.1 Å². The summed E-state index contributed by atoms with van der Waals surface area (Å²) in [6, 6.07) is -3.70. The molecule has 38 heavy (non-hydrogen) atoms. The van der Waals surface area contributed by atoms with E-state index in [0.29, 0.717) is 0 Å². The van der Waals surface area contributed by atoms with E-state index in [0.717, 1.165) is 19.3 Å². The van der Waals surface area contributed by atoms with Crippen molar-refractivity contribution < 1.29 is 34.2 Å². The molecular weight excluding hydrogens is 482 g/mol. The molecule has 0 aliphatic heterocycles. The molecule has 0 heterocycles. The van der Waals surface area contributed by atoms with Crippen molar-refractivity contribution in [2.24, 2.45) is 0 Å². The van der Waals surface area contributed by atoms with E-state index in [1.807, 2.05) is 6.08 Å². The number of allylic oxidation sites excluding steroid dienone is 1. The zero-order chi connectivity index (χ0) is 28.8. The monoisotopic (exact) mass is 539 g/mol. The molecule has 7 nitrogen and oxygen atoms in total. The number of hydrogen-bond donors (Lipinski definition) is 2. The van der Waals surface area contributed by atoms with Gasteiger partial charge in [0.05, 0.1) is 12.5 Å². The van der Waals surface area contributed by atoms with Crippen molar-refractivity contribution in [2.75, 3.05) is 6.54 Å². The number of carbonyl (C=O) groups excluding carboxylic acids is 1. The summed E-state index contributed by atoms with van der Waals surface area (Å²) in [7, 11) is 0. The van der Waals surface area contributed by atoms with Gasteiger partial charge in [0.2, 0.25) is 0 Å². The highest BCUT2D eigenvalue weighted by molar-refractivity contribution is 5.77. The third-order valence-electron chi connectivity index (χ3n) is 8.28. The van der Waals surface area contributed by atoms with Crippen LogP contribution in [0.15, 0.2) is 12.2 Å². The van der Waals surface area contributed by atoms with Crippen LogP contribution >= 0.6 is 0 Å². The van der Waals surface area contributed by atoms with Gasteiger partial charge in [-0.05, 0) is 39.7 Å². The number of nitrogens with zero attached hydrogens (tertiary/aromatic N) is 1. The summed E-state index contributed by atoms with van der Waals surface area (Å²) >= 11 is 0. The number of quaternary nitrogens is 1. The number of carboxylic acid groups (broad SMARTS) is 3. The molecule has 3 atom stereocenters. The predicted molar refractivity (Wildman–Crippen MR) is 152 cm³/mol. The molecule has 0 bridgehead atoms. The van der Waals surface area contributed by atoms with Gasteiger partial charge in [-0.1, -0.05) is 116 Å².